The molecule has 3 rings (SSSR count). The average molecular weight is 331 g/mol. The van der Waals surface area contributed by atoms with Crippen LogP contribution in [0.4, 0.5) is 25.8 Å². The summed E-state index contributed by atoms with van der Waals surface area (Å²) >= 11 is 0. The van der Waals surface area contributed by atoms with Crippen molar-refractivity contribution in [3.05, 3.63) is 54.1 Å². The maximum atomic E-state index is 13.5. The maximum absolute atomic E-state index is 13.5. The Morgan fingerprint density at radius 2 is 1.75 bits per heavy atom. The molecule has 0 atom stereocenters. The number of amides is 1. The molecule has 1 amide bonds. The standard InChI is InChI=1S/C18H19F2N3O/c19-13-3-8-16(20)17(11-13)21-12-18(24)22-14-4-6-15(7-5-14)23-9-1-2-10-23/h3-8,11,21H,1-2,9-10,12H2,(H,22,24). The first-order valence-electron chi connectivity index (χ1n) is 7.95. The van der Waals surface area contributed by atoms with Crippen molar-refractivity contribution in [3.8, 4) is 0 Å². The van der Waals surface area contributed by atoms with Gasteiger partial charge in [-0.15, -0.1) is 0 Å². The third-order valence-electron chi connectivity index (χ3n) is 3.99. The van der Waals surface area contributed by atoms with Gasteiger partial charge in [-0.2, -0.15) is 0 Å². The van der Waals surface area contributed by atoms with Crippen molar-refractivity contribution in [2.75, 3.05) is 35.2 Å². The minimum absolute atomic E-state index is 0.0328. The summed E-state index contributed by atoms with van der Waals surface area (Å²) in [5.74, 6) is -1.48. The monoisotopic (exact) mass is 331 g/mol. The normalized spacial score (nSPS) is 13.8. The molecular weight excluding hydrogens is 312 g/mol. The fourth-order valence-electron chi connectivity index (χ4n) is 2.74. The highest BCUT2D eigenvalue weighted by Gasteiger charge is 2.12. The minimum Gasteiger partial charge on any atom is -0.374 e. The summed E-state index contributed by atoms with van der Waals surface area (Å²) in [6, 6.07) is 10.7. The van der Waals surface area contributed by atoms with E-state index in [0.717, 1.165) is 37.0 Å². The van der Waals surface area contributed by atoms with Crippen molar-refractivity contribution in [2.45, 2.75) is 12.8 Å². The Bertz CT molecular complexity index is 713. The number of nitrogens with one attached hydrogen (secondary N) is 2. The van der Waals surface area contributed by atoms with Crippen molar-refractivity contribution in [2.24, 2.45) is 0 Å². The Labute approximate surface area is 139 Å². The van der Waals surface area contributed by atoms with Crippen LogP contribution in [-0.2, 0) is 4.79 Å². The molecule has 1 aliphatic heterocycles. The zero-order chi connectivity index (χ0) is 16.9. The van der Waals surface area contributed by atoms with Crippen LogP contribution in [0.3, 0.4) is 0 Å². The van der Waals surface area contributed by atoms with Crippen LogP contribution in [0.25, 0.3) is 0 Å². The van der Waals surface area contributed by atoms with Crippen LogP contribution in [-0.4, -0.2) is 25.5 Å². The van der Waals surface area contributed by atoms with Gasteiger partial charge >= 0.3 is 0 Å². The summed E-state index contributed by atoms with van der Waals surface area (Å²) < 4.78 is 26.5. The molecule has 0 spiro atoms. The third kappa shape index (κ3) is 4.01. The lowest BCUT2D eigenvalue weighted by Gasteiger charge is -2.17. The van der Waals surface area contributed by atoms with E-state index in [-0.39, 0.29) is 18.1 Å². The highest BCUT2D eigenvalue weighted by atomic mass is 19.1. The predicted molar refractivity (Wildman–Crippen MR) is 91.4 cm³/mol. The van der Waals surface area contributed by atoms with Crippen LogP contribution in [0, 0.1) is 11.6 Å². The topological polar surface area (TPSA) is 44.4 Å². The fourth-order valence-corrected chi connectivity index (χ4v) is 2.74. The van der Waals surface area contributed by atoms with Crippen LogP contribution in [0.15, 0.2) is 42.5 Å². The van der Waals surface area contributed by atoms with E-state index >= 15 is 0 Å². The number of hydrogen-bond donors (Lipinski definition) is 2. The summed E-state index contributed by atoms with van der Waals surface area (Å²) in [5, 5.41) is 5.32. The molecule has 2 aromatic carbocycles. The quantitative estimate of drug-likeness (QED) is 0.880. The van der Waals surface area contributed by atoms with Gasteiger partial charge < -0.3 is 15.5 Å². The second-order valence-corrected chi connectivity index (χ2v) is 5.77. The lowest BCUT2D eigenvalue weighted by atomic mass is 10.2. The van der Waals surface area contributed by atoms with Crippen molar-refractivity contribution in [1.29, 1.82) is 0 Å². The van der Waals surface area contributed by atoms with E-state index in [4.69, 9.17) is 0 Å². The summed E-state index contributed by atoms with van der Waals surface area (Å²) in [6.45, 7) is 1.98. The van der Waals surface area contributed by atoms with Gasteiger partial charge in [-0.1, -0.05) is 0 Å². The van der Waals surface area contributed by atoms with Crippen molar-refractivity contribution < 1.29 is 13.6 Å². The third-order valence-corrected chi connectivity index (χ3v) is 3.99. The van der Waals surface area contributed by atoms with Gasteiger partial charge in [0, 0.05) is 24.5 Å². The van der Waals surface area contributed by atoms with Gasteiger partial charge in [0.05, 0.1) is 12.2 Å². The Morgan fingerprint density at radius 1 is 1.04 bits per heavy atom. The molecule has 1 heterocycles. The van der Waals surface area contributed by atoms with E-state index in [1.807, 2.05) is 24.3 Å². The number of nitrogens with zero attached hydrogens (tertiary/aromatic N) is 1. The van der Waals surface area contributed by atoms with Gasteiger partial charge in [-0.3, -0.25) is 4.79 Å². The molecule has 0 aromatic heterocycles. The molecule has 0 radical (unpaired) electrons. The molecule has 1 saturated heterocycles. The number of carbonyl (C=O) groups is 1. The van der Waals surface area contributed by atoms with Gasteiger partial charge in [0.2, 0.25) is 5.91 Å². The maximum Gasteiger partial charge on any atom is 0.243 e. The molecule has 2 N–H and O–H groups in total. The molecule has 126 valence electrons. The highest BCUT2D eigenvalue weighted by Crippen LogP contribution is 2.22. The first-order chi connectivity index (χ1) is 11.6. The lowest BCUT2D eigenvalue weighted by Crippen LogP contribution is -2.22. The van der Waals surface area contributed by atoms with Gasteiger partial charge in [-0.05, 0) is 55.3 Å². The molecule has 6 heteroatoms. The first kappa shape index (κ1) is 16.2. The van der Waals surface area contributed by atoms with Crippen molar-refractivity contribution in [3.63, 3.8) is 0 Å². The molecule has 1 aliphatic rings. The molecule has 2 aromatic rings. The minimum atomic E-state index is -0.598. The van der Waals surface area contributed by atoms with Gasteiger partial charge in [-0.25, -0.2) is 8.78 Å². The van der Waals surface area contributed by atoms with Crippen LogP contribution in [0.5, 0.6) is 0 Å². The Balaban J connectivity index is 1.53. The number of benzene rings is 2. The fraction of sp³-hybridized carbons (Fsp3) is 0.278. The largest absolute Gasteiger partial charge is 0.374 e. The second kappa shape index (κ2) is 7.29. The number of hydrogen-bond acceptors (Lipinski definition) is 3. The molecule has 0 saturated carbocycles. The van der Waals surface area contributed by atoms with Gasteiger partial charge in [0.15, 0.2) is 0 Å². The Hall–Kier alpha value is -2.63. The second-order valence-electron chi connectivity index (χ2n) is 5.77. The Morgan fingerprint density at radius 3 is 2.46 bits per heavy atom. The first-order valence-corrected chi connectivity index (χ1v) is 7.95. The zero-order valence-corrected chi connectivity index (χ0v) is 13.2. The SMILES string of the molecule is O=C(CNc1cc(F)ccc1F)Nc1ccc(N2CCCC2)cc1. The Kier molecular flexibility index (Phi) is 4.93. The predicted octanol–water partition coefficient (Wildman–Crippen LogP) is 3.62. The zero-order valence-electron chi connectivity index (χ0n) is 13.2. The summed E-state index contributed by atoms with van der Waals surface area (Å²) in [5.41, 5.74) is 1.78. The van der Waals surface area contributed by atoms with Gasteiger partial charge in [0.1, 0.15) is 11.6 Å². The lowest BCUT2D eigenvalue weighted by molar-refractivity contribution is -0.114. The molecule has 1 fully saturated rings. The smallest absolute Gasteiger partial charge is 0.243 e. The van der Waals surface area contributed by atoms with E-state index in [0.29, 0.717) is 5.69 Å². The van der Waals surface area contributed by atoms with E-state index in [2.05, 4.69) is 15.5 Å². The number of halogens is 2. The van der Waals surface area contributed by atoms with E-state index in [1.165, 1.54) is 12.8 Å². The summed E-state index contributed by atoms with van der Waals surface area (Å²) in [7, 11) is 0. The molecular formula is C18H19F2N3O. The van der Waals surface area contributed by atoms with Crippen molar-refractivity contribution >= 4 is 23.0 Å². The van der Waals surface area contributed by atoms with Crippen LogP contribution >= 0.6 is 0 Å². The van der Waals surface area contributed by atoms with Crippen LogP contribution in [0.1, 0.15) is 12.8 Å². The number of carbonyl (C=O) groups excluding carboxylic acids is 1. The highest BCUT2D eigenvalue weighted by molar-refractivity contribution is 5.93. The van der Waals surface area contributed by atoms with E-state index < -0.39 is 11.6 Å². The molecule has 0 unspecified atom stereocenters. The average Bonchev–Trinajstić information content (AvgIpc) is 3.11. The number of rotatable bonds is 5. The molecule has 4 nitrogen and oxygen atoms in total. The van der Waals surface area contributed by atoms with E-state index in [9.17, 15) is 13.6 Å². The van der Waals surface area contributed by atoms with E-state index in [1.54, 1.807) is 0 Å². The summed E-state index contributed by atoms with van der Waals surface area (Å²) in [6.07, 6.45) is 2.42. The molecule has 0 aliphatic carbocycles. The molecule has 0 bridgehead atoms. The van der Waals surface area contributed by atoms with Gasteiger partial charge in [0.25, 0.3) is 0 Å². The van der Waals surface area contributed by atoms with Crippen LogP contribution < -0.4 is 15.5 Å². The molecule has 24 heavy (non-hydrogen) atoms. The summed E-state index contributed by atoms with van der Waals surface area (Å²) in [4.78, 5) is 14.2. The van der Waals surface area contributed by atoms with Crippen molar-refractivity contribution in [1.82, 2.24) is 0 Å². The van der Waals surface area contributed by atoms with Crippen LogP contribution in [0.2, 0.25) is 0 Å². The number of anilines is 3.